The molecule has 2 rings (SSSR count). The summed E-state index contributed by atoms with van der Waals surface area (Å²) in [5.41, 5.74) is 0. The smallest absolute Gasteiger partial charge is 0.160 e. The van der Waals surface area contributed by atoms with E-state index in [0.717, 1.165) is 22.4 Å². The lowest BCUT2D eigenvalue weighted by molar-refractivity contribution is 0.842. The predicted octanol–water partition coefficient (Wildman–Crippen LogP) is 2.25. The van der Waals surface area contributed by atoms with Crippen molar-refractivity contribution < 1.29 is 0 Å². The molecule has 0 saturated carbocycles. The van der Waals surface area contributed by atoms with Gasteiger partial charge in [0.2, 0.25) is 0 Å². The fraction of sp³-hybridized carbons (Fsp3) is 0.182. The number of imidazole rings is 1. The summed E-state index contributed by atoms with van der Waals surface area (Å²) in [6.07, 6.45) is 5.47. The van der Waals surface area contributed by atoms with Crippen molar-refractivity contribution in [3.8, 4) is 5.82 Å². The minimum Gasteiger partial charge on any atom is -0.287 e. The third-order valence-electron chi connectivity index (χ3n) is 2.05. The van der Waals surface area contributed by atoms with E-state index in [1.165, 1.54) is 0 Å². The molecule has 0 N–H and O–H groups in total. The molecule has 0 fully saturated rings. The SMILES string of the molecule is C=CCSc1ccc(-n2ccnc2C)nn1. The molecule has 0 aliphatic heterocycles. The molecule has 2 aromatic rings. The van der Waals surface area contributed by atoms with E-state index in [1.54, 1.807) is 18.0 Å². The van der Waals surface area contributed by atoms with Crippen LogP contribution in [-0.2, 0) is 0 Å². The van der Waals surface area contributed by atoms with Crippen LogP contribution in [0.5, 0.6) is 0 Å². The summed E-state index contributed by atoms with van der Waals surface area (Å²) in [5.74, 6) is 2.54. The van der Waals surface area contributed by atoms with Crippen molar-refractivity contribution in [2.24, 2.45) is 0 Å². The molecule has 5 heteroatoms. The molecule has 2 heterocycles. The number of nitrogens with zero attached hydrogens (tertiary/aromatic N) is 4. The normalized spacial score (nSPS) is 10.3. The Balaban J connectivity index is 2.19. The molecule has 0 bridgehead atoms. The minimum absolute atomic E-state index is 0.790. The molecule has 0 amide bonds. The van der Waals surface area contributed by atoms with Crippen LogP contribution in [0.3, 0.4) is 0 Å². The average Bonchev–Trinajstić information content (AvgIpc) is 2.74. The molecule has 0 unspecified atom stereocenters. The van der Waals surface area contributed by atoms with Gasteiger partial charge in [-0.2, -0.15) is 0 Å². The van der Waals surface area contributed by atoms with Crippen molar-refractivity contribution in [3.63, 3.8) is 0 Å². The Kier molecular flexibility index (Phi) is 3.36. The summed E-state index contributed by atoms with van der Waals surface area (Å²) < 4.78 is 1.90. The van der Waals surface area contributed by atoms with Crippen LogP contribution >= 0.6 is 11.8 Å². The maximum absolute atomic E-state index is 4.15. The fourth-order valence-electron chi connectivity index (χ4n) is 1.28. The van der Waals surface area contributed by atoms with Crippen LogP contribution in [0.2, 0.25) is 0 Å². The first-order valence-corrected chi connectivity index (χ1v) is 5.87. The molecule has 0 atom stereocenters. The summed E-state index contributed by atoms with van der Waals surface area (Å²) in [6.45, 7) is 5.60. The summed E-state index contributed by atoms with van der Waals surface area (Å²) >= 11 is 1.61. The van der Waals surface area contributed by atoms with Crippen molar-refractivity contribution in [1.82, 2.24) is 19.7 Å². The van der Waals surface area contributed by atoms with Crippen LogP contribution in [0, 0.1) is 6.92 Å². The van der Waals surface area contributed by atoms with Gasteiger partial charge in [0.15, 0.2) is 5.82 Å². The van der Waals surface area contributed by atoms with E-state index in [2.05, 4.69) is 21.8 Å². The van der Waals surface area contributed by atoms with E-state index in [-0.39, 0.29) is 0 Å². The van der Waals surface area contributed by atoms with Crippen molar-refractivity contribution in [2.45, 2.75) is 11.9 Å². The Morgan fingerprint density at radius 1 is 1.44 bits per heavy atom. The zero-order valence-corrected chi connectivity index (χ0v) is 9.81. The first kappa shape index (κ1) is 10.9. The van der Waals surface area contributed by atoms with Gasteiger partial charge < -0.3 is 0 Å². The fourth-order valence-corrected chi connectivity index (χ4v) is 1.83. The lowest BCUT2D eigenvalue weighted by Crippen LogP contribution is -2.00. The summed E-state index contributed by atoms with van der Waals surface area (Å²) in [6, 6.07) is 3.89. The van der Waals surface area contributed by atoms with Gasteiger partial charge in [-0.25, -0.2) is 4.98 Å². The van der Waals surface area contributed by atoms with Crippen LogP contribution < -0.4 is 0 Å². The van der Waals surface area contributed by atoms with Crippen LogP contribution in [0.15, 0.2) is 42.2 Å². The highest BCUT2D eigenvalue weighted by Crippen LogP contribution is 2.15. The van der Waals surface area contributed by atoms with Crippen molar-refractivity contribution in [2.75, 3.05) is 5.75 Å². The van der Waals surface area contributed by atoms with Gasteiger partial charge in [0.05, 0.1) is 0 Å². The van der Waals surface area contributed by atoms with Gasteiger partial charge in [0.25, 0.3) is 0 Å². The molecule has 0 aliphatic rings. The maximum Gasteiger partial charge on any atom is 0.160 e. The molecule has 2 aromatic heterocycles. The molecule has 82 valence electrons. The topological polar surface area (TPSA) is 43.6 Å². The lowest BCUT2D eigenvalue weighted by atomic mass is 10.5. The molecule has 0 aromatic carbocycles. The highest BCUT2D eigenvalue weighted by atomic mass is 32.2. The maximum atomic E-state index is 4.15. The molecule has 0 spiro atoms. The van der Waals surface area contributed by atoms with Gasteiger partial charge >= 0.3 is 0 Å². The molecule has 0 radical (unpaired) electrons. The summed E-state index contributed by atoms with van der Waals surface area (Å²) in [5, 5.41) is 9.19. The number of rotatable bonds is 4. The third kappa shape index (κ3) is 2.30. The first-order valence-electron chi connectivity index (χ1n) is 4.89. The van der Waals surface area contributed by atoms with E-state index in [4.69, 9.17) is 0 Å². The number of hydrogen-bond acceptors (Lipinski definition) is 4. The van der Waals surface area contributed by atoms with E-state index in [0.29, 0.717) is 0 Å². The monoisotopic (exact) mass is 232 g/mol. The standard InChI is InChI=1S/C11H12N4S/c1-3-8-16-11-5-4-10(13-14-11)15-7-6-12-9(15)2/h3-7H,1,8H2,2H3. The van der Waals surface area contributed by atoms with E-state index in [9.17, 15) is 0 Å². The number of aromatic nitrogens is 4. The van der Waals surface area contributed by atoms with Gasteiger partial charge in [-0.3, -0.25) is 4.57 Å². The third-order valence-corrected chi connectivity index (χ3v) is 2.96. The highest BCUT2D eigenvalue weighted by Gasteiger charge is 2.02. The Morgan fingerprint density at radius 2 is 2.31 bits per heavy atom. The van der Waals surface area contributed by atoms with Gasteiger partial charge in [0.1, 0.15) is 10.9 Å². The zero-order chi connectivity index (χ0) is 11.4. The molecule has 0 aliphatic carbocycles. The Hall–Kier alpha value is -1.62. The zero-order valence-electron chi connectivity index (χ0n) is 9.00. The number of hydrogen-bond donors (Lipinski definition) is 0. The van der Waals surface area contributed by atoms with Crippen LogP contribution in [0.25, 0.3) is 5.82 Å². The number of aryl methyl sites for hydroxylation is 1. The Morgan fingerprint density at radius 3 is 2.88 bits per heavy atom. The molecule has 16 heavy (non-hydrogen) atoms. The molecular formula is C11H12N4S. The highest BCUT2D eigenvalue weighted by molar-refractivity contribution is 7.99. The predicted molar refractivity (Wildman–Crippen MR) is 64.8 cm³/mol. The quantitative estimate of drug-likeness (QED) is 0.599. The second kappa shape index (κ2) is 4.94. The Bertz CT molecular complexity index is 475. The van der Waals surface area contributed by atoms with Crippen molar-refractivity contribution in [3.05, 3.63) is 43.0 Å². The van der Waals surface area contributed by atoms with Crippen molar-refractivity contribution in [1.29, 1.82) is 0 Å². The lowest BCUT2D eigenvalue weighted by Gasteiger charge is -2.03. The van der Waals surface area contributed by atoms with E-state index >= 15 is 0 Å². The largest absolute Gasteiger partial charge is 0.287 e. The molecule has 4 nitrogen and oxygen atoms in total. The Labute approximate surface area is 98.4 Å². The van der Waals surface area contributed by atoms with E-state index in [1.807, 2.05) is 35.9 Å². The van der Waals surface area contributed by atoms with Crippen LogP contribution in [-0.4, -0.2) is 25.5 Å². The number of thioether (sulfide) groups is 1. The van der Waals surface area contributed by atoms with E-state index < -0.39 is 0 Å². The van der Waals surface area contributed by atoms with Gasteiger partial charge in [-0.05, 0) is 19.1 Å². The summed E-state index contributed by atoms with van der Waals surface area (Å²) in [7, 11) is 0. The summed E-state index contributed by atoms with van der Waals surface area (Å²) in [4.78, 5) is 4.14. The molecular weight excluding hydrogens is 220 g/mol. The van der Waals surface area contributed by atoms with Crippen LogP contribution in [0.4, 0.5) is 0 Å². The first-order chi connectivity index (χ1) is 7.81. The second-order valence-corrected chi connectivity index (χ2v) is 4.21. The minimum atomic E-state index is 0.790. The average molecular weight is 232 g/mol. The van der Waals surface area contributed by atoms with Crippen molar-refractivity contribution >= 4 is 11.8 Å². The van der Waals surface area contributed by atoms with Crippen LogP contribution in [0.1, 0.15) is 5.82 Å². The molecule has 0 saturated heterocycles. The second-order valence-electron chi connectivity index (χ2n) is 3.17. The van der Waals surface area contributed by atoms with Gasteiger partial charge in [0, 0.05) is 18.1 Å². The van der Waals surface area contributed by atoms with Gasteiger partial charge in [-0.1, -0.05) is 6.08 Å². The van der Waals surface area contributed by atoms with Gasteiger partial charge in [-0.15, -0.1) is 28.5 Å².